The van der Waals surface area contributed by atoms with E-state index in [1.54, 1.807) is 6.92 Å². The van der Waals surface area contributed by atoms with Crippen molar-refractivity contribution >= 4 is 15.9 Å². The molecule has 0 aliphatic heterocycles. The van der Waals surface area contributed by atoms with Crippen molar-refractivity contribution < 1.29 is 13.9 Å². The largest absolute Gasteiger partial charge is 0.387 e. The molecule has 2 nitrogen and oxygen atoms in total. The Morgan fingerprint density at radius 1 is 1.36 bits per heavy atom. The van der Waals surface area contributed by atoms with Gasteiger partial charge >= 0.3 is 0 Å². The lowest BCUT2D eigenvalue weighted by molar-refractivity contribution is 0.152. The summed E-state index contributed by atoms with van der Waals surface area (Å²) in [7, 11) is 0. The Morgan fingerprint density at radius 2 is 1.79 bits per heavy atom. The Balaban J connectivity index is 3.12. The van der Waals surface area contributed by atoms with Crippen molar-refractivity contribution in [3.05, 3.63) is 33.8 Å². The zero-order chi connectivity index (χ0) is 10.9. The van der Waals surface area contributed by atoms with Crippen LogP contribution in [0, 0.1) is 11.6 Å². The fourth-order valence-electron chi connectivity index (χ4n) is 1.05. The number of aliphatic hydroxyl groups excluding tert-OH is 1. The first-order valence-corrected chi connectivity index (χ1v) is 4.81. The van der Waals surface area contributed by atoms with Gasteiger partial charge in [-0.3, -0.25) is 0 Å². The molecule has 0 saturated carbocycles. The second-order valence-corrected chi connectivity index (χ2v) is 3.90. The van der Waals surface area contributed by atoms with Gasteiger partial charge in [-0.1, -0.05) is 0 Å². The molecule has 0 bridgehead atoms. The number of nitrogens with two attached hydrogens (primary N) is 1. The lowest BCUT2D eigenvalue weighted by Crippen LogP contribution is -2.24. The van der Waals surface area contributed by atoms with Crippen LogP contribution in [0.15, 0.2) is 16.6 Å². The molecule has 1 aromatic rings. The molecule has 0 saturated heterocycles. The average Bonchev–Trinajstić information content (AvgIpc) is 2.12. The number of rotatable bonds is 2. The molecule has 78 valence electrons. The summed E-state index contributed by atoms with van der Waals surface area (Å²) in [4.78, 5) is 0. The van der Waals surface area contributed by atoms with Crippen LogP contribution in [0.25, 0.3) is 0 Å². The van der Waals surface area contributed by atoms with Crippen molar-refractivity contribution in [2.45, 2.75) is 19.1 Å². The van der Waals surface area contributed by atoms with Gasteiger partial charge in [0.1, 0.15) is 11.6 Å². The molecule has 0 fully saturated rings. The maximum Gasteiger partial charge on any atom is 0.140 e. The monoisotopic (exact) mass is 265 g/mol. The van der Waals surface area contributed by atoms with Crippen LogP contribution in [0.3, 0.4) is 0 Å². The molecule has 1 rings (SSSR count). The van der Waals surface area contributed by atoms with Gasteiger partial charge in [-0.05, 0) is 40.5 Å². The maximum absolute atomic E-state index is 13.0. The third-order valence-corrected chi connectivity index (χ3v) is 2.60. The molecule has 3 N–H and O–H groups in total. The molecule has 5 heteroatoms. The van der Waals surface area contributed by atoms with Crippen molar-refractivity contribution in [3.8, 4) is 0 Å². The lowest BCUT2D eigenvalue weighted by atomic mass is 10.0. The zero-order valence-electron chi connectivity index (χ0n) is 7.47. The van der Waals surface area contributed by atoms with Gasteiger partial charge in [0.2, 0.25) is 0 Å². The topological polar surface area (TPSA) is 46.2 Å². The summed E-state index contributed by atoms with van der Waals surface area (Å²) in [5.74, 6) is -1.50. The second-order valence-electron chi connectivity index (χ2n) is 3.10. The Labute approximate surface area is 88.9 Å². The van der Waals surface area contributed by atoms with Gasteiger partial charge in [0, 0.05) is 6.04 Å². The summed E-state index contributed by atoms with van der Waals surface area (Å²) >= 11 is 2.74. The molecule has 14 heavy (non-hydrogen) atoms. The van der Waals surface area contributed by atoms with Gasteiger partial charge in [-0.15, -0.1) is 0 Å². The highest BCUT2D eigenvalue weighted by Crippen LogP contribution is 2.25. The van der Waals surface area contributed by atoms with E-state index in [1.807, 2.05) is 0 Å². The molecule has 0 amide bonds. The minimum atomic E-state index is -1.06. The van der Waals surface area contributed by atoms with Gasteiger partial charge in [-0.2, -0.15) is 0 Å². The van der Waals surface area contributed by atoms with E-state index in [-0.39, 0.29) is 10.0 Å². The van der Waals surface area contributed by atoms with Crippen LogP contribution in [0.4, 0.5) is 8.78 Å². The fraction of sp³-hybridized carbons (Fsp3) is 0.333. The van der Waals surface area contributed by atoms with Crippen molar-refractivity contribution in [1.29, 1.82) is 0 Å². The average molecular weight is 266 g/mol. The summed E-state index contributed by atoms with van der Waals surface area (Å²) in [6.45, 7) is 1.56. The first kappa shape index (κ1) is 11.6. The minimum Gasteiger partial charge on any atom is -0.387 e. The van der Waals surface area contributed by atoms with Gasteiger partial charge in [0.15, 0.2) is 0 Å². The predicted octanol–water partition coefficient (Wildman–Crippen LogP) is 2.11. The first-order valence-electron chi connectivity index (χ1n) is 4.01. The van der Waals surface area contributed by atoms with Gasteiger partial charge in [0.05, 0.1) is 10.6 Å². The Morgan fingerprint density at radius 3 is 2.14 bits per heavy atom. The van der Waals surface area contributed by atoms with E-state index in [0.717, 1.165) is 12.1 Å². The van der Waals surface area contributed by atoms with Crippen LogP contribution in [0.5, 0.6) is 0 Å². The van der Waals surface area contributed by atoms with Gasteiger partial charge in [0.25, 0.3) is 0 Å². The number of benzene rings is 1. The number of hydrogen-bond acceptors (Lipinski definition) is 2. The van der Waals surface area contributed by atoms with Crippen LogP contribution in [0.1, 0.15) is 18.6 Å². The van der Waals surface area contributed by atoms with Crippen LogP contribution < -0.4 is 5.73 Å². The summed E-state index contributed by atoms with van der Waals surface area (Å²) in [5, 5.41) is 9.46. The molecule has 1 aromatic carbocycles. The normalized spacial score (nSPS) is 15.3. The van der Waals surface area contributed by atoms with E-state index >= 15 is 0 Å². The predicted molar refractivity (Wildman–Crippen MR) is 52.7 cm³/mol. The molecule has 2 unspecified atom stereocenters. The first-order chi connectivity index (χ1) is 6.43. The molecule has 0 spiro atoms. The van der Waals surface area contributed by atoms with Crippen LogP contribution in [-0.4, -0.2) is 11.1 Å². The Kier molecular flexibility index (Phi) is 3.58. The SMILES string of the molecule is CC(N)C(O)c1cc(F)c(Br)c(F)c1. The molecular weight excluding hydrogens is 256 g/mol. The van der Waals surface area contributed by atoms with Crippen LogP contribution in [0.2, 0.25) is 0 Å². The highest BCUT2D eigenvalue weighted by Gasteiger charge is 2.16. The van der Waals surface area contributed by atoms with E-state index in [9.17, 15) is 13.9 Å². The molecule has 0 radical (unpaired) electrons. The summed E-state index contributed by atoms with van der Waals surface area (Å²) in [6.07, 6.45) is -1.06. The third kappa shape index (κ3) is 2.29. The Hall–Kier alpha value is -0.520. The lowest BCUT2D eigenvalue weighted by Gasteiger charge is -2.15. The number of hydrogen-bond donors (Lipinski definition) is 2. The minimum absolute atomic E-state index is 0.137. The smallest absolute Gasteiger partial charge is 0.140 e. The third-order valence-electron chi connectivity index (χ3n) is 1.85. The second kappa shape index (κ2) is 4.33. The molecule has 0 heterocycles. The summed E-state index contributed by atoms with van der Waals surface area (Å²) < 4.78 is 25.8. The van der Waals surface area contributed by atoms with E-state index in [1.165, 1.54) is 0 Å². The standard InChI is InChI=1S/C9H10BrF2NO/c1-4(13)9(14)5-2-6(11)8(10)7(12)3-5/h2-4,9,14H,13H2,1H3. The van der Waals surface area contributed by atoms with Crippen LogP contribution in [-0.2, 0) is 0 Å². The van der Waals surface area contributed by atoms with Gasteiger partial charge < -0.3 is 10.8 Å². The highest BCUT2D eigenvalue weighted by atomic mass is 79.9. The Bertz CT molecular complexity index is 321. The van der Waals surface area contributed by atoms with Crippen molar-refractivity contribution in [1.82, 2.24) is 0 Å². The van der Waals surface area contributed by atoms with Crippen molar-refractivity contribution in [3.63, 3.8) is 0 Å². The van der Waals surface area contributed by atoms with E-state index in [0.29, 0.717) is 0 Å². The van der Waals surface area contributed by atoms with Crippen molar-refractivity contribution in [2.24, 2.45) is 5.73 Å². The van der Waals surface area contributed by atoms with Crippen molar-refractivity contribution in [2.75, 3.05) is 0 Å². The molecule has 0 aliphatic rings. The molecule has 0 aromatic heterocycles. The molecule has 2 atom stereocenters. The molecule has 0 aliphatic carbocycles. The quantitative estimate of drug-likeness (QED) is 0.805. The number of halogens is 3. The van der Waals surface area contributed by atoms with Crippen LogP contribution >= 0.6 is 15.9 Å². The van der Waals surface area contributed by atoms with Gasteiger partial charge in [-0.25, -0.2) is 8.78 Å². The molecular formula is C9H10BrF2NO. The summed E-state index contributed by atoms with van der Waals surface area (Å²) in [6, 6.07) is 1.54. The van der Waals surface area contributed by atoms with E-state index < -0.39 is 23.8 Å². The number of aliphatic hydroxyl groups is 1. The van der Waals surface area contributed by atoms with E-state index in [4.69, 9.17) is 5.73 Å². The summed E-state index contributed by atoms with van der Waals surface area (Å²) in [5.41, 5.74) is 5.54. The van der Waals surface area contributed by atoms with E-state index in [2.05, 4.69) is 15.9 Å². The zero-order valence-corrected chi connectivity index (χ0v) is 9.05. The highest BCUT2D eigenvalue weighted by molar-refractivity contribution is 9.10. The fourth-order valence-corrected chi connectivity index (χ4v) is 1.28. The maximum atomic E-state index is 13.0.